The Bertz CT molecular complexity index is 523. The third-order valence-electron chi connectivity index (χ3n) is 6.83. The Labute approximate surface area is 145 Å². The van der Waals surface area contributed by atoms with Crippen molar-refractivity contribution in [3.05, 3.63) is 0 Å². The van der Waals surface area contributed by atoms with Gasteiger partial charge in [0.25, 0.3) is 0 Å². The fourth-order valence-electron chi connectivity index (χ4n) is 5.11. The zero-order valence-corrected chi connectivity index (χ0v) is 15.1. The van der Waals surface area contributed by atoms with Gasteiger partial charge in [-0.3, -0.25) is 9.79 Å². The van der Waals surface area contributed by atoms with Crippen LogP contribution >= 0.6 is 0 Å². The first-order valence-corrected chi connectivity index (χ1v) is 9.95. The topological polar surface area (TPSA) is 56.7 Å². The molecule has 2 N–H and O–H groups in total. The minimum atomic E-state index is 0.135. The molecule has 1 unspecified atom stereocenters. The van der Waals surface area contributed by atoms with E-state index in [4.69, 9.17) is 4.99 Å². The van der Waals surface area contributed by atoms with Crippen molar-refractivity contribution in [1.82, 2.24) is 15.5 Å². The number of hydrogen-bond acceptors (Lipinski definition) is 2. The van der Waals surface area contributed by atoms with Gasteiger partial charge in [-0.1, -0.05) is 6.42 Å². The Hall–Kier alpha value is -1.26. The summed E-state index contributed by atoms with van der Waals surface area (Å²) in [6, 6.07) is 0. The molecule has 0 radical (unpaired) electrons. The number of piperidine rings is 1. The molecule has 4 rings (SSSR count). The molecule has 2 aliphatic carbocycles. The number of amides is 1. The summed E-state index contributed by atoms with van der Waals surface area (Å²) in [7, 11) is 0. The second-order valence-corrected chi connectivity index (χ2v) is 8.64. The van der Waals surface area contributed by atoms with Gasteiger partial charge in [0.15, 0.2) is 5.96 Å². The minimum Gasteiger partial charge on any atom is -0.357 e. The van der Waals surface area contributed by atoms with E-state index in [2.05, 4.69) is 22.5 Å². The summed E-state index contributed by atoms with van der Waals surface area (Å²) in [5.41, 5.74) is 0.662. The number of aliphatic imine (C=N–C) groups is 1. The molecule has 1 spiro atoms. The molecule has 0 aromatic carbocycles. The minimum absolute atomic E-state index is 0.135. The van der Waals surface area contributed by atoms with Gasteiger partial charge in [-0.2, -0.15) is 0 Å². The van der Waals surface area contributed by atoms with E-state index >= 15 is 0 Å². The zero-order chi connectivity index (χ0) is 16.6. The number of likely N-dealkylation sites (tertiary alicyclic amines) is 1. The van der Waals surface area contributed by atoms with Crippen LogP contribution in [0.25, 0.3) is 0 Å². The van der Waals surface area contributed by atoms with E-state index in [0.29, 0.717) is 11.8 Å². The van der Waals surface area contributed by atoms with Crippen LogP contribution in [0.5, 0.6) is 0 Å². The first kappa shape index (κ1) is 16.2. The first-order chi connectivity index (χ1) is 11.6. The van der Waals surface area contributed by atoms with Crippen LogP contribution < -0.4 is 10.6 Å². The second-order valence-electron chi connectivity index (χ2n) is 8.64. The molecule has 2 saturated carbocycles. The third kappa shape index (κ3) is 3.02. The van der Waals surface area contributed by atoms with Crippen molar-refractivity contribution in [2.24, 2.45) is 21.7 Å². The number of rotatable bonds is 4. The van der Waals surface area contributed by atoms with E-state index in [1.807, 2.05) is 0 Å². The predicted octanol–water partition coefficient (Wildman–Crippen LogP) is 2.13. The van der Waals surface area contributed by atoms with Crippen molar-refractivity contribution in [1.29, 1.82) is 0 Å². The van der Waals surface area contributed by atoms with Crippen molar-refractivity contribution < 1.29 is 4.79 Å². The smallest absolute Gasteiger partial charge is 0.220 e. The molecule has 2 heterocycles. The number of guanidine groups is 1. The molecule has 2 saturated heterocycles. The Kier molecular flexibility index (Phi) is 4.21. The van der Waals surface area contributed by atoms with Crippen LogP contribution in [0.15, 0.2) is 4.99 Å². The molecule has 1 amide bonds. The van der Waals surface area contributed by atoms with Gasteiger partial charge in [-0.15, -0.1) is 0 Å². The Morgan fingerprint density at radius 3 is 2.75 bits per heavy atom. The fourth-order valence-corrected chi connectivity index (χ4v) is 5.11. The van der Waals surface area contributed by atoms with E-state index in [0.717, 1.165) is 57.4 Å². The van der Waals surface area contributed by atoms with Crippen LogP contribution in [0.4, 0.5) is 0 Å². The average molecular weight is 332 g/mol. The first-order valence-electron chi connectivity index (χ1n) is 9.95. The maximum atomic E-state index is 11.7. The Balaban J connectivity index is 1.45. The van der Waals surface area contributed by atoms with E-state index in [-0.39, 0.29) is 11.3 Å². The van der Waals surface area contributed by atoms with Gasteiger partial charge < -0.3 is 15.5 Å². The Morgan fingerprint density at radius 1 is 1.33 bits per heavy atom. The standard InChI is InChI=1S/C19H32N4O/c1-2-20-17(22-13-19(8-3-9-19)15-5-6-15)23-10-4-7-18(14-23)11-16(24)21-12-18/h15H,2-14H2,1H3,(H,20,22)(H,21,24). The van der Waals surface area contributed by atoms with Gasteiger partial charge in [0, 0.05) is 44.6 Å². The number of carbonyl (C=O) groups excluding carboxylic acids is 1. The van der Waals surface area contributed by atoms with Crippen LogP contribution in [0.3, 0.4) is 0 Å². The average Bonchev–Trinajstić information content (AvgIpc) is 3.31. The molecule has 4 aliphatic rings. The summed E-state index contributed by atoms with van der Waals surface area (Å²) in [5.74, 6) is 2.26. The lowest BCUT2D eigenvalue weighted by Crippen LogP contribution is -2.51. The normalized spacial score (nSPS) is 32.6. The highest BCUT2D eigenvalue weighted by atomic mass is 16.1. The molecule has 134 valence electrons. The molecule has 0 aromatic heterocycles. The lowest BCUT2D eigenvalue weighted by Gasteiger charge is -2.43. The summed E-state index contributed by atoms with van der Waals surface area (Å²) in [6.45, 7) is 6.94. The van der Waals surface area contributed by atoms with Crippen molar-refractivity contribution in [3.63, 3.8) is 0 Å². The van der Waals surface area contributed by atoms with Crippen molar-refractivity contribution in [2.45, 2.75) is 58.3 Å². The van der Waals surface area contributed by atoms with Crippen molar-refractivity contribution >= 4 is 11.9 Å². The van der Waals surface area contributed by atoms with E-state index < -0.39 is 0 Å². The predicted molar refractivity (Wildman–Crippen MR) is 95.9 cm³/mol. The molecule has 5 heteroatoms. The summed E-state index contributed by atoms with van der Waals surface area (Å²) in [6.07, 6.45) is 10.0. The highest BCUT2D eigenvalue weighted by Crippen LogP contribution is 2.57. The second kappa shape index (κ2) is 6.23. The van der Waals surface area contributed by atoms with Gasteiger partial charge in [0.1, 0.15) is 0 Å². The zero-order valence-electron chi connectivity index (χ0n) is 15.1. The summed E-state index contributed by atoms with van der Waals surface area (Å²) >= 11 is 0. The van der Waals surface area contributed by atoms with Crippen molar-refractivity contribution in [2.75, 3.05) is 32.7 Å². The molecular weight excluding hydrogens is 300 g/mol. The maximum Gasteiger partial charge on any atom is 0.220 e. The van der Waals surface area contributed by atoms with E-state index in [9.17, 15) is 4.79 Å². The fraction of sp³-hybridized carbons (Fsp3) is 0.895. The molecule has 0 aromatic rings. The van der Waals surface area contributed by atoms with Gasteiger partial charge in [-0.25, -0.2) is 0 Å². The van der Waals surface area contributed by atoms with Gasteiger partial charge in [0.05, 0.1) is 0 Å². The van der Waals surface area contributed by atoms with Gasteiger partial charge in [0.2, 0.25) is 5.91 Å². The highest BCUT2D eigenvalue weighted by molar-refractivity contribution is 5.81. The molecule has 24 heavy (non-hydrogen) atoms. The number of carbonyl (C=O) groups is 1. The molecule has 5 nitrogen and oxygen atoms in total. The molecular formula is C19H32N4O. The molecule has 0 bridgehead atoms. The van der Waals surface area contributed by atoms with Gasteiger partial charge >= 0.3 is 0 Å². The van der Waals surface area contributed by atoms with Crippen LogP contribution in [-0.4, -0.2) is 49.5 Å². The monoisotopic (exact) mass is 332 g/mol. The quantitative estimate of drug-likeness (QED) is 0.612. The Morgan fingerprint density at radius 2 is 2.17 bits per heavy atom. The lowest BCUT2D eigenvalue weighted by atomic mass is 9.65. The van der Waals surface area contributed by atoms with Crippen LogP contribution in [-0.2, 0) is 4.79 Å². The number of hydrogen-bond donors (Lipinski definition) is 2. The third-order valence-corrected chi connectivity index (χ3v) is 6.83. The maximum absolute atomic E-state index is 11.7. The largest absolute Gasteiger partial charge is 0.357 e. The van der Waals surface area contributed by atoms with E-state index in [1.54, 1.807) is 0 Å². The van der Waals surface area contributed by atoms with Gasteiger partial charge in [-0.05, 0) is 56.8 Å². The molecule has 4 fully saturated rings. The van der Waals surface area contributed by atoms with E-state index in [1.165, 1.54) is 32.1 Å². The molecule has 1 atom stereocenters. The van der Waals surface area contributed by atoms with Crippen LogP contribution in [0, 0.1) is 16.7 Å². The summed E-state index contributed by atoms with van der Waals surface area (Å²) < 4.78 is 0. The summed E-state index contributed by atoms with van der Waals surface area (Å²) in [4.78, 5) is 19.2. The van der Waals surface area contributed by atoms with Crippen LogP contribution in [0.1, 0.15) is 58.3 Å². The van der Waals surface area contributed by atoms with Crippen LogP contribution in [0.2, 0.25) is 0 Å². The molecule has 2 aliphatic heterocycles. The highest BCUT2D eigenvalue weighted by Gasteiger charge is 2.49. The lowest BCUT2D eigenvalue weighted by molar-refractivity contribution is -0.119. The number of nitrogens with one attached hydrogen (secondary N) is 2. The van der Waals surface area contributed by atoms with Crippen molar-refractivity contribution in [3.8, 4) is 0 Å². The number of nitrogens with zero attached hydrogens (tertiary/aromatic N) is 2. The SMILES string of the molecule is CCNC(=NCC1(C2CC2)CCC1)N1CCCC2(CNC(=O)C2)C1. The summed E-state index contributed by atoms with van der Waals surface area (Å²) in [5, 5.41) is 6.56.